The molecule has 0 aliphatic carbocycles. The number of hydrogen-bond donors (Lipinski definition) is 2. The highest BCUT2D eigenvalue weighted by Crippen LogP contribution is 2.34. The number of halogens is 1. The molecule has 0 spiro atoms. The van der Waals surface area contributed by atoms with Gasteiger partial charge < -0.3 is 20.3 Å². The van der Waals surface area contributed by atoms with Crippen LogP contribution in [0.2, 0.25) is 0 Å². The highest BCUT2D eigenvalue weighted by atomic mass is 35.5. The van der Waals surface area contributed by atoms with Crippen molar-refractivity contribution >= 4 is 18.4 Å². The molecule has 1 atom stereocenters. The van der Waals surface area contributed by atoms with Crippen LogP contribution in [0.5, 0.6) is 11.5 Å². The van der Waals surface area contributed by atoms with Crippen LogP contribution in [0.1, 0.15) is 18.0 Å². The first-order valence-corrected chi connectivity index (χ1v) is 4.54. The van der Waals surface area contributed by atoms with E-state index in [-0.39, 0.29) is 25.6 Å². The summed E-state index contributed by atoms with van der Waals surface area (Å²) in [5.74, 6) is 0.370. The molecule has 0 radical (unpaired) electrons. The molecular weight excluding hydrogens is 234 g/mol. The number of carbonyl (C=O) groups is 1. The first kappa shape index (κ1) is 12.6. The van der Waals surface area contributed by atoms with Gasteiger partial charge in [-0.25, -0.2) is 0 Å². The second kappa shape index (κ2) is 5.05. The molecule has 1 aromatic rings. The summed E-state index contributed by atoms with van der Waals surface area (Å²) in [5, 5.41) is 8.60. The van der Waals surface area contributed by atoms with Crippen LogP contribution in [0.4, 0.5) is 0 Å². The van der Waals surface area contributed by atoms with E-state index in [9.17, 15) is 4.79 Å². The van der Waals surface area contributed by atoms with Crippen molar-refractivity contribution in [2.45, 2.75) is 12.5 Å². The summed E-state index contributed by atoms with van der Waals surface area (Å²) in [7, 11) is 0. The van der Waals surface area contributed by atoms with E-state index in [0.29, 0.717) is 11.5 Å². The maximum Gasteiger partial charge on any atom is 0.305 e. The number of nitrogens with two attached hydrogens (primary N) is 1. The quantitative estimate of drug-likeness (QED) is 0.839. The summed E-state index contributed by atoms with van der Waals surface area (Å²) in [5.41, 5.74) is 6.45. The lowest BCUT2D eigenvalue weighted by atomic mass is 10.0. The zero-order chi connectivity index (χ0) is 10.8. The van der Waals surface area contributed by atoms with Crippen molar-refractivity contribution in [3.63, 3.8) is 0 Å². The molecule has 1 aromatic carbocycles. The number of fused-ring (bicyclic) bond motifs is 1. The van der Waals surface area contributed by atoms with E-state index in [1.165, 1.54) is 0 Å². The lowest BCUT2D eigenvalue weighted by molar-refractivity contribution is -0.137. The van der Waals surface area contributed by atoms with E-state index in [2.05, 4.69) is 0 Å². The molecule has 5 nitrogen and oxygen atoms in total. The predicted molar refractivity (Wildman–Crippen MR) is 59.0 cm³/mol. The molecule has 0 saturated heterocycles. The van der Waals surface area contributed by atoms with Gasteiger partial charge in [-0.05, 0) is 17.7 Å². The van der Waals surface area contributed by atoms with Crippen LogP contribution in [0, 0.1) is 0 Å². The Morgan fingerprint density at radius 3 is 2.81 bits per heavy atom. The Labute approximate surface area is 98.6 Å². The third-order valence-electron chi connectivity index (χ3n) is 2.22. The van der Waals surface area contributed by atoms with Crippen LogP contribution in [-0.4, -0.2) is 17.9 Å². The fourth-order valence-electron chi connectivity index (χ4n) is 1.45. The van der Waals surface area contributed by atoms with Crippen molar-refractivity contribution < 1.29 is 19.4 Å². The molecule has 0 fully saturated rings. The van der Waals surface area contributed by atoms with Gasteiger partial charge in [-0.2, -0.15) is 0 Å². The van der Waals surface area contributed by atoms with E-state index in [4.69, 9.17) is 20.3 Å². The van der Waals surface area contributed by atoms with Crippen molar-refractivity contribution in [3.05, 3.63) is 23.8 Å². The van der Waals surface area contributed by atoms with Gasteiger partial charge in [0, 0.05) is 6.04 Å². The molecule has 1 aliphatic rings. The SMILES string of the molecule is Cl.N[C@H](CC(=O)O)c1ccc2c(c1)OCO2. The molecule has 0 unspecified atom stereocenters. The fraction of sp³-hybridized carbons (Fsp3) is 0.300. The van der Waals surface area contributed by atoms with E-state index in [1.807, 2.05) is 0 Å². The lowest BCUT2D eigenvalue weighted by Crippen LogP contribution is -2.14. The maximum absolute atomic E-state index is 10.5. The Morgan fingerprint density at radius 1 is 1.44 bits per heavy atom. The second-order valence-electron chi connectivity index (χ2n) is 3.32. The summed E-state index contributed by atoms with van der Waals surface area (Å²) >= 11 is 0. The Balaban J connectivity index is 0.00000128. The van der Waals surface area contributed by atoms with Crippen molar-refractivity contribution in [2.75, 3.05) is 6.79 Å². The maximum atomic E-state index is 10.5. The number of rotatable bonds is 3. The van der Waals surface area contributed by atoms with Crippen molar-refractivity contribution in [1.29, 1.82) is 0 Å². The van der Waals surface area contributed by atoms with Gasteiger partial charge in [0.2, 0.25) is 6.79 Å². The normalized spacial score (nSPS) is 14.1. The van der Waals surface area contributed by atoms with Gasteiger partial charge in [0.05, 0.1) is 6.42 Å². The summed E-state index contributed by atoms with van der Waals surface area (Å²) < 4.78 is 10.3. The Hall–Kier alpha value is -1.46. The standard InChI is InChI=1S/C10H11NO4.ClH/c11-7(4-10(12)13)6-1-2-8-9(3-6)15-5-14-8;/h1-3,7H,4-5,11H2,(H,12,13);1H/t7-;/m1./s1. The van der Waals surface area contributed by atoms with Gasteiger partial charge in [0.25, 0.3) is 0 Å². The molecule has 16 heavy (non-hydrogen) atoms. The molecule has 0 amide bonds. The van der Waals surface area contributed by atoms with E-state index >= 15 is 0 Å². The lowest BCUT2D eigenvalue weighted by Gasteiger charge is -2.09. The monoisotopic (exact) mass is 245 g/mol. The molecule has 0 aromatic heterocycles. The van der Waals surface area contributed by atoms with Crippen molar-refractivity contribution in [1.82, 2.24) is 0 Å². The molecule has 2 rings (SSSR count). The number of benzene rings is 1. The van der Waals surface area contributed by atoms with Gasteiger partial charge >= 0.3 is 5.97 Å². The average molecular weight is 246 g/mol. The Bertz CT molecular complexity index is 396. The number of hydrogen-bond acceptors (Lipinski definition) is 4. The number of aliphatic carboxylic acids is 1. The number of carboxylic acid groups (broad SMARTS) is 1. The zero-order valence-electron chi connectivity index (χ0n) is 8.38. The van der Waals surface area contributed by atoms with Gasteiger partial charge in [-0.15, -0.1) is 12.4 Å². The topological polar surface area (TPSA) is 81.8 Å². The molecular formula is C10H12ClNO4. The molecule has 0 bridgehead atoms. The number of carboxylic acids is 1. The summed E-state index contributed by atoms with van der Waals surface area (Å²) in [6.07, 6.45) is -0.0976. The highest BCUT2D eigenvalue weighted by molar-refractivity contribution is 5.85. The van der Waals surface area contributed by atoms with E-state index in [0.717, 1.165) is 5.56 Å². The summed E-state index contributed by atoms with van der Waals surface area (Å²) in [6, 6.07) is 4.69. The summed E-state index contributed by atoms with van der Waals surface area (Å²) in [4.78, 5) is 10.5. The van der Waals surface area contributed by atoms with Crippen LogP contribution < -0.4 is 15.2 Å². The number of ether oxygens (including phenoxy) is 2. The van der Waals surface area contributed by atoms with E-state index < -0.39 is 12.0 Å². The fourth-order valence-corrected chi connectivity index (χ4v) is 1.45. The first-order chi connectivity index (χ1) is 7.16. The average Bonchev–Trinajstić information content (AvgIpc) is 2.62. The van der Waals surface area contributed by atoms with Crippen LogP contribution in [-0.2, 0) is 4.79 Å². The minimum atomic E-state index is -0.917. The largest absolute Gasteiger partial charge is 0.481 e. The van der Waals surface area contributed by atoms with Crippen LogP contribution in [0.25, 0.3) is 0 Å². The minimum Gasteiger partial charge on any atom is -0.481 e. The van der Waals surface area contributed by atoms with Gasteiger partial charge in [0.15, 0.2) is 11.5 Å². The molecule has 0 saturated carbocycles. The van der Waals surface area contributed by atoms with Crippen LogP contribution in [0.15, 0.2) is 18.2 Å². The minimum absolute atomic E-state index is 0. The third kappa shape index (κ3) is 2.56. The van der Waals surface area contributed by atoms with Gasteiger partial charge in [0.1, 0.15) is 0 Å². The molecule has 88 valence electrons. The smallest absolute Gasteiger partial charge is 0.305 e. The second-order valence-corrected chi connectivity index (χ2v) is 3.32. The predicted octanol–water partition coefficient (Wildman–Crippen LogP) is 1.31. The molecule has 1 heterocycles. The molecule has 1 aliphatic heterocycles. The van der Waals surface area contributed by atoms with Crippen molar-refractivity contribution in [2.24, 2.45) is 5.73 Å². The Morgan fingerprint density at radius 2 is 2.12 bits per heavy atom. The zero-order valence-corrected chi connectivity index (χ0v) is 9.20. The van der Waals surface area contributed by atoms with Crippen LogP contribution >= 0.6 is 12.4 Å². The summed E-state index contributed by atoms with van der Waals surface area (Å²) in [6.45, 7) is 0.201. The van der Waals surface area contributed by atoms with Crippen LogP contribution in [0.3, 0.4) is 0 Å². The van der Waals surface area contributed by atoms with Gasteiger partial charge in [-0.3, -0.25) is 4.79 Å². The molecule has 3 N–H and O–H groups in total. The third-order valence-corrected chi connectivity index (χ3v) is 2.22. The van der Waals surface area contributed by atoms with E-state index in [1.54, 1.807) is 18.2 Å². The van der Waals surface area contributed by atoms with Gasteiger partial charge in [-0.1, -0.05) is 6.07 Å². The first-order valence-electron chi connectivity index (χ1n) is 4.54. The highest BCUT2D eigenvalue weighted by Gasteiger charge is 2.17. The van der Waals surface area contributed by atoms with Crippen molar-refractivity contribution in [3.8, 4) is 11.5 Å². The Kier molecular flexibility index (Phi) is 3.98. The molecule has 6 heteroatoms.